The van der Waals surface area contributed by atoms with Gasteiger partial charge in [-0.1, -0.05) is 33.6 Å². The van der Waals surface area contributed by atoms with Crippen LogP contribution in [0.3, 0.4) is 0 Å². The third-order valence-electron chi connectivity index (χ3n) is 6.78. The van der Waals surface area contributed by atoms with Gasteiger partial charge in [-0.2, -0.15) is 5.26 Å². The Morgan fingerprint density at radius 3 is 2.45 bits per heavy atom. The highest BCUT2D eigenvalue weighted by molar-refractivity contribution is 7.90. The van der Waals surface area contributed by atoms with Crippen LogP contribution in [0.4, 0.5) is 5.69 Å². The molecule has 0 amide bonds. The second kappa shape index (κ2) is 9.06. The topological polar surface area (TPSA) is 64.4 Å². The summed E-state index contributed by atoms with van der Waals surface area (Å²) in [4.78, 5) is 5.10. The van der Waals surface area contributed by atoms with Gasteiger partial charge in [-0.05, 0) is 48.8 Å². The number of sulfone groups is 1. The Hall–Kier alpha value is -1.58. The molecule has 1 aliphatic heterocycles. The highest BCUT2D eigenvalue weighted by Gasteiger charge is 2.32. The largest absolute Gasteiger partial charge is 0.369 e. The van der Waals surface area contributed by atoms with Crippen molar-refractivity contribution in [2.24, 2.45) is 17.8 Å². The Labute approximate surface area is 176 Å². The molecule has 1 aromatic rings. The van der Waals surface area contributed by atoms with Crippen LogP contribution in [-0.4, -0.2) is 51.8 Å². The smallest absolute Gasteiger partial charge is 0.176 e. The van der Waals surface area contributed by atoms with Gasteiger partial charge in [-0.15, -0.1) is 0 Å². The lowest BCUT2D eigenvalue weighted by molar-refractivity contribution is 0.101. The van der Waals surface area contributed by atoms with Crippen molar-refractivity contribution in [3.05, 3.63) is 23.8 Å². The number of anilines is 1. The minimum Gasteiger partial charge on any atom is -0.369 e. The van der Waals surface area contributed by atoms with Crippen molar-refractivity contribution in [1.29, 1.82) is 5.26 Å². The summed E-state index contributed by atoms with van der Waals surface area (Å²) < 4.78 is 24.3. The first kappa shape index (κ1) is 22.1. The monoisotopic (exact) mass is 417 g/mol. The fourth-order valence-electron chi connectivity index (χ4n) is 4.89. The van der Waals surface area contributed by atoms with Crippen LogP contribution in [0, 0.1) is 29.1 Å². The second-order valence-electron chi connectivity index (χ2n) is 9.44. The van der Waals surface area contributed by atoms with E-state index in [1.165, 1.54) is 38.5 Å². The lowest BCUT2D eigenvalue weighted by atomic mass is 9.82. The second-order valence-corrected chi connectivity index (χ2v) is 11.4. The van der Waals surface area contributed by atoms with Crippen molar-refractivity contribution in [2.45, 2.75) is 57.4 Å². The average molecular weight is 418 g/mol. The molecule has 29 heavy (non-hydrogen) atoms. The quantitative estimate of drug-likeness (QED) is 0.726. The molecule has 0 bridgehead atoms. The first-order valence-electron chi connectivity index (χ1n) is 10.9. The number of nitriles is 1. The summed E-state index contributed by atoms with van der Waals surface area (Å²) in [6.07, 6.45) is 6.58. The van der Waals surface area contributed by atoms with E-state index in [2.05, 4.69) is 30.6 Å². The molecule has 1 atom stereocenters. The van der Waals surface area contributed by atoms with Crippen LogP contribution in [0.1, 0.15) is 52.0 Å². The summed E-state index contributed by atoms with van der Waals surface area (Å²) in [5, 5.41) is 9.27. The molecular formula is C23H35N3O2S. The number of benzene rings is 1. The predicted molar refractivity (Wildman–Crippen MR) is 118 cm³/mol. The van der Waals surface area contributed by atoms with Crippen LogP contribution in [0.5, 0.6) is 0 Å². The van der Waals surface area contributed by atoms with Crippen LogP contribution in [0.2, 0.25) is 0 Å². The van der Waals surface area contributed by atoms with E-state index in [4.69, 9.17) is 0 Å². The van der Waals surface area contributed by atoms with Gasteiger partial charge in [0.15, 0.2) is 9.84 Å². The van der Waals surface area contributed by atoms with Gasteiger partial charge < -0.3 is 4.90 Å². The summed E-state index contributed by atoms with van der Waals surface area (Å²) in [7, 11) is -3.43. The fourth-order valence-corrected chi connectivity index (χ4v) is 5.74. The zero-order valence-electron chi connectivity index (χ0n) is 18.3. The summed E-state index contributed by atoms with van der Waals surface area (Å²) >= 11 is 0. The maximum absolute atomic E-state index is 12.1. The third-order valence-corrected chi connectivity index (χ3v) is 7.92. The number of piperazine rings is 1. The molecule has 2 aliphatic rings. The maximum Gasteiger partial charge on any atom is 0.176 e. The zero-order chi connectivity index (χ0) is 21.2. The van der Waals surface area contributed by atoms with E-state index in [1.807, 2.05) is 12.1 Å². The number of hydrogen-bond donors (Lipinski definition) is 0. The van der Waals surface area contributed by atoms with E-state index in [1.54, 1.807) is 12.1 Å². The van der Waals surface area contributed by atoms with Gasteiger partial charge in [0.2, 0.25) is 0 Å². The van der Waals surface area contributed by atoms with Crippen molar-refractivity contribution < 1.29 is 8.42 Å². The van der Waals surface area contributed by atoms with E-state index in [-0.39, 0.29) is 10.5 Å². The normalized spacial score (nSPS) is 26.5. The molecule has 5 nitrogen and oxygen atoms in total. The van der Waals surface area contributed by atoms with Crippen LogP contribution in [0.15, 0.2) is 23.1 Å². The van der Waals surface area contributed by atoms with Crippen LogP contribution in [0.25, 0.3) is 0 Å². The molecule has 0 aromatic heterocycles. The van der Waals surface area contributed by atoms with E-state index in [0.717, 1.165) is 37.2 Å². The van der Waals surface area contributed by atoms with Crippen molar-refractivity contribution in [1.82, 2.24) is 4.90 Å². The van der Waals surface area contributed by atoms with Gasteiger partial charge in [-0.3, -0.25) is 4.90 Å². The van der Waals surface area contributed by atoms with Crippen molar-refractivity contribution in [2.75, 3.05) is 37.3 Å². The molecule has 1 saturated carbocycles. The Morgan fingerprint density at radius 1 is 1.17 bits per heavy atom. The minimum atomic E-state index is -3.43. The van der Waals surface area contributed by atoms with Crippen molar-refractivity contribution in [3.63, 3.8) is 0 Å². The molecule has 6 heteroatoms. The highest BCUT2D eigenvalue weighted by atomic mass is 32.2. The van der Waals surface area contributed by atoms with Gasteiger partial charge in [0.1, 0.15) is 6.07 Å². The average Bonchev–Trinajstić information content (AvgIpc) is 2.68. The number of hydrogen-bond acceptors (Lipinski definition) is 5. The Kier molecular flexibility index (Phi) is 6.90. The van der Waals surface area contributed by atoms with E-state index >= 15 is 0 Å². The lowest BCUT2D eigenvalue weighted by Gasteiger charge is -2.46. The maximum atomic E-state index is 12.1. The summed E-state index contributed by atoms with van der Waals surface area (Å²) in [5.74, 6) is 2.23. The molecule has 2 fully saturated rings. The molecule has 1 saturated heterocycles. The van der Waals surface area contributed by atoms with Crippen molar-refractivity contribution in [3.8, 4) is 6.07 Å². The fraction of sp³-hybridized carbons (Fsp3) is 0.696. The Bertz CT molecular complexity index is 851. The van der Waals surface area contributed by atoms with Crippen molar-refractivity contribution >= 4 is 15.5 Å². The third kappa shape index (κ3) is 5.32. The van der Waals surface area contributed by atoms with Crippen LogP contribution < -0.4 is 4.90 Å². The molecule has 0 unspecified atom stereocenters. The molecule has 1 aromatic carbocycles. The molecular weight excluding hydrogens is 382 g/mol. The first-order chi connectivity index (χ1) is 13.7. The predicted octanol–water partition coefficient (Wildman–Crippen LogP) is 3.93. The summed E-state index contributed by atoms with van der Waals surface area (Å²) in [5.41, 5.74) is 1.13. The Balaban J connectivity index is 1.75. The van der Waals surface area contributed by atoms with Crippen LogP contribution >= 0.6 is 0 Å². The van der Waals surface area contributed by atoms with E-state index < -0.39 is 9.84 Å². The van der Waals surface area contributed by atoms with Gasteiger partial charge in [0, 0.05) is 44.2 Å². The van der Waals surface area contributed by atoms with Gasteiger partial charge in [-0.25, -0.2) is 8.42 Å². The first-order valence-corrected chi connectivity index (χ1v) is 12.8. The van der Waals surface area contributed by atoms with Crippen LogP contribution in [-0.2, 0) is 9.84 Å². The number of nitrogens with zero attached hydrogens (tertiary/aromatic N) is 3. The molecule has 0 spiro atoms. The summed E-state index contributed by atoms with van der Waals surface area (Å²) in [6, 6.07) is 7.69. The SMILES string of the molecule is CC(C)[C@H]1CN(c2ccc(C#N)c(S(C)(=O)=O)c2)CCN1C[C@H]1CC[C@@H](C)CC1. The van der Waals surface area contributed by atoms with Gasteiger partial charge >= 0.3 is 0 Å². The Morgan fingerprint density at radius 2 is 1.86 bits per heavy atom. The minimum absolute atomic E-state index is 0.136. The standard InChI is InChI=1S/C23H35N3O2S/c1-17(2)22-16-25(11-12-26(22)15-19-7-5-18(3)6-8-19)21-10-9-20(14-24)23(13-21)29(4,27)28/h9-10,13,17-19,22H,5-8,11-12,15-16H2,1-4H3/t18-,19+,22-/m1/s1. The molecule has 0 N–H and O–H groups in total. The van der Waals surface area contributed by atoms with E-state index in [9.17, 15) is 13.7 Å². The molecule has 1 heterocycles. The highest BCUT2D eigenvalue weighted by Crippen LogP contribution is 2.32. The molecule has 1 aliphatic carbocycles. The molecule has 160 valence electrons. The number of rotatable bonds is 5. The van der Waals surface area contributed by atoms with E-state index in [0.29, 0.717) is 12.0 Å². The zero-order valence-corrected chi connectivity index (χ0v) is 19.1. The summed E-state index contributed by atoms with van der Waals surface area (Å²) in [6.45, 7) is 10.9. The van der Waals surface area contributed by atoms with Gasteiger partial charge in [0.25, 0.3) is 0 Å². The molecule has 0 radical (unpaired) electrons. The lowest BCUT2D eigenvalue weighted by Crippen LogP contribution is -2.56. The molecule has 3 rings (SSSR count). The van der Waals surface area contributed by atoms with Gasteiger partial charge in [0.05, 0.1) is 10.5 Å².